The van der Waals surface area contributed by atoms with E-state index in [2.05, 4.69) is 51.7 Å². The number of nitrogens with one attached hydrogen (secondary N) is 2. The first kappa shape index (κ1) is 19.7. The topological polar surface area (TPSA) is 47.6 Å². The predicted molar refractivity (Wildman–Crippen MR) is 110 cm³/mol. The first-order valence-corrected chi connectivity index (χ1v) is 9.73. The molecule has 1 fully saturated rings. The molecule has 0 spiro atoms. The van der Waals surface area contributed by atoms with Crippen molar-refractivity contribution >= 4 is 17.6 Å². The van der Waals surface area contributed by atoms with Crippen molar-refractivity contribution in [3.8, 4) is 0 Å². The minimum atomic E-state index is -0.162. The summed E-state index contributed by atoms with van der Waals surface area (Å²) in [6, 6.07) is 17.9. The third-order valence-electron chi connectivity index (χ3n) is 4.96. The molecular formula is C21H27ClN4O. The monoisotopic (exact) mass is 386 g/mol. The number of carbonyl (C=O) groups is 1. The molecule has 1 saturated heterocycles. The average Bonchev–Trinajstić information content (AvgIpc) is 2.69. The number of likely N-dealkylation sites (N-methyl/N-ethyl adjacent to an activating group) is 1. The van der Waals surface area contributed by atoms with Gasteiger partial charge >= 0.3 is 6.03 Å². The highest BCUT2D eigenvalue weighted by molar-refractivity contribution is 6.30. The number of hydrogen-bond donors (Lipinski definition) is 2. The highest BCUT2D eigenvalue weighted by Crippen LogP contribution is 2.21. The highest BCUT2D eigenvalue weighted by Gasteiger charge is 2.24. The summed E-state index contributed by atoms with van der Waals surface area (Å²) in [5, 5.41) is 6.62. The van der Waals surface area contributed by atoms with Crippen molar-refractivity contribution in [2.24, 2.45) is 0 Å². The van der Waals surface area contributed by atoms with Crippen LogP contribution in [0.2, 0.25) is 5.02 Å². The van der Waals surface area contributed by atoms with Gasteiger partial charge in [0.1, 0.15) is 0 Å². The molecule has 1 aliphatic rings. The number of urea groups is 1. The Balaban J connectivity index is 1.56. The zero-order valence-corrected chi connectivity index (χ0v) is 16.5. The van der Waals surface area contributed by atoms with E-state index in [4.69, 9.17) is 11.6 Å². The maximum absolute atomic E-state index is 12.3. The molecule has 2 N–H and O–H groups in total. The van der Waals surface area contributed by atoms with Gasteiger partial charge in [-0.3, -0.25) is 4.90 Å². The van der Waals surface area contributed by atoms with Crippen LogP contribution in [0.15, 0.2) is 54.6 Å². The van der Waals surface area contributed by atoms with Crippen molar-refractivity contribution in [2.75, 3.05) is 39.8 Å². The van der Waals surface area contributed by atoms with Crippen LogP contribution in [0, 0.1) is 0 Å². The van der Waals surface area contributed by atoms with Crippen molar-refractivity contribution in [1.29, 1.82) is 0 Å². The molecule has 2 aromatic rings. The molecule has 0 bridgehead atoms. The van der Waals surface area contributed by atoms with E-state index < -0.39 is 0 Å². The van der Waals surface area contributed by atoms with Gasteiger partial charge in [-0.25, -0.2) is 4.79 Å². The normalized spacial score (nSPS) is 16.7. The Morgan fingerprint density at radius 2 is 1.78 bits per heavy atom. The van der Waals surface area contributed by atoms with Crippen LogP contribution in [0.1, 0.15) is 17.2 Å². The molecule has 27 heavy (non-hydrogen) atoms. The predicted octanol–water partition coefficient (Wildman–Crippen LogP) is 3.13. The minimum absolute atomic E-state index is 0.162. The Morgan fingerprint density at radius 3 is 2.48 bits per heavy atom. The van der Waals surface area contributed by atoms with Gasteiger partial charge in [-0.1, -0.05) is 54.1 Å². The van der Waals surface area contributed by atoms with E-state index in [0.717, 1.165) is 31.7 Å². The van der Waals surface area contributed by atoms with Crippen molar-refractivity contribution < 1.29 is 4.79 Å². The largest absolute Gasteiger partial charge is 0.336 e. The summed E-state index contributed by atoms with van der Waals surface area (Å²) in [6.45, 7) is 5.13. The summed E-state index contributed by atoms with van der Waals surface area (Å²) in [5.41, 5.74) is 2.22. The summed E-state index contributed by atoms with van der Waals surface area (Å²) >= 11 is 5.99. The number of hydrogen-bond acceptors (Lipinski definition) is 3. The van der Waals surface area contributed by atoms with Gasteiger partial charge in [0.25, 0.3) is 0 Å². The SMILES string of the molecule is CN1CCN(C(CNC(=O)NCc2cccc(Cl)c2)c2ccccc2)CC1. The van der Waals surface area contributed by atoms with Gasteiger partial charge in [0.15, 0.2) is 0 Å². The van der Waals surface area contributed by atoms with Crippen LogP contribution in [0.5, 0.6) is 0 Å². The number of halogens is 1. The van der Waals surface area contributed by atoms with E-state index in [1.807, 2.05) is 30.3 Å². The molecule has 3 rings (SSSR count). The standard InChI is InChI=1S/C21H27ClN4O/c1-25-10-12-26(13-11-25)20(18-7-3-2-4-8-18)16-24-21(27)23-15-17-6-5-9-19(22)14-17/h2-9,14,20H,10-13,15-16H2,1H3,(H2,23,24,27). The highest BCUT2D eigenvalue weighted by atomic mass is 35.5. The molecule has 6 heteroatoms. The lowest BCUT2D eigenvalue weighted by Crippen LogP contribution is -2.49. The number of nitrogens with zero attached hydrogens (tertiary/aromatic N) is 2. The number of rotatable bonds is 6. The van der Waals surface area contributed by atoms with Crippen LogP contribution in [0.25, 0.3) is 0 Å². The minimum Gasteiger partial charge on any atom is -0.336 e. The van der Waals surface area contributed by atoms with Gasteiger partial charge < -0.3 is 15.5 Å². The number of amides is 2. The maximum Gasteiger partial charge on any atom is 0.315 e. The molecule has 1 aliphatic heterocycles. The molecule has 2 amide bonds. The van der Waals surface area contributed by atoms with Gasteiger partial charge in [0.2, 0.25) is 0 Å². The molecule has 1 heterocycles. The Kier molecular flexibility index (Phi) is 7.10. The van der Waals surface area contributed by atoms with E-state index in [1.54, 1.807) is 0 Å². The maximum atomic E-state index is 12.3. The summed E-state index contributed by atoms with van der Waals surface area (Å²) in [6.07, 6.45) is 0. The lowest BCUT2D eigenvalue weighted by atomic mass is 10.0. The van der Waals surface area contributed by atoms with Gasteiger partial charge in [-0.15, -0.1) is 0 Å². The summed E-state index contributed by atoms with van der Waals surface area (Å²) in [4.78, 5) is 17.1. The molecule has 1 unspecified atom stereocenters. The van der Waals surface area contributed by atoms with E-state index in [-0.39, 0.29) is 12.1 Å². The smallest absolute Gasteiger partial charge is 0.315 e. The average molecular weight is 387 g/mol. The van der Waals surface area contributed by atoms with Crippen LogP contribution >= 0.6 is 11.6 Å². The third kappa shape index (κ3) is 5.96. The van der Waals surface area contributed by atoms with E-state index >= 15 is 0 Å². The molecule has 0 radical (unpaired) electrons. The van der Waals surface area contributed by atoms with Crippen molar-refractivity contribution in [3.05, 3.63) is 70.7 Å². The Labute approximate surface area is 166 Å². The van der Waals surface area contributed by atoms with Crippen LogP contribution in [0.4, 0.5) is 4.79 Å². The summed E-state index contributed by atoms with van der Waals surface area (Å²) in [7, 11) is 2.15. The van der Waals surface area contributed by atoms with Crippen molar-refractivity contribution in [2.45, 2.75) is 12.6 Å². The molecule has 2 aromatic carbocycles. The molecular weight excluding hydrogens is 360 g/mol. The van der Waals surface area contributed by atoms with Crippen LogP contribution in [-0.4, -0.2) is 55.6 Å². The quantitative estimate of drug-likeness (QED) is 0.801. The number of piperazine rings is 1. The second kappa shape index (κ2) is 9.74. The van der Waals surface area contributed by atoms with E-state index in [9.17, 15) is 4.79 Å². The third-order valence-corrected chi connectivity index (χ3v) is 5.20. The lowest BCUT2D eigenvalue weighted by molar-refractivity contribution is 0.111. The molecule has 144 valence electrons. The summed E-state index contributed by atoms with van der Waals surface area (Å²) < 4.78 is 0. The van der Waals surface area contributed by atoms with Gasteiger partial charge in [-0.05, 0) is 30.3 Å². The second-order valence-corrected chi connectivity index (χ2v) is 7.40. The second-order valence-electron chi connectivity index (χ2n) is 6.96. The van der Waals surface area contributed by atoms with Gasteiger partial charge in [0, 0.05) is 44.3 Å². The van der Waals surface area contributed by atoms with Crippen LogP contribution < -0.4 is 10.6 Å². The van der Waals surface area contributed by atoms with Crippen LogP contribution in [0.3, 0.4) is 0 Å². The number of benzene rings is 2. The Morgan fingerprint density at radius 1 is 1.04 bits per heavy atom. The number of carbonyl (C=O) groups excluding carboxylic acids is 1. The van der Waals surface area contributed by atoms with Gasteiger partial charge in [-0.2, -0.15) is 0 Å². The van der Waals surface area contributed by atoms with Crippen molar-refractivity contribution in [3.63, 3.8) is 0 Å². The summed E-state index contributed by atoms with van der Waals surface area (Å²) in [5.74, 6) is 0. The Hall–Kier alpha value is -2.08. The van der Waals surface area contributed by atoms with E-state index in [0.29, 0.717) is 18.1 Å². The molecule has 0 aliphatic carbocycles. The molecule has 1 atom stereocenters. The fourth-order valence-electron chi connectivity index (χ4n) is 3.35. The lowest BCUT2D eigenvalue weighted by Gasteiger charge is -2.38. The molecule has 0 saturated carbocycles. The first-order valence-electron chi connectivity index (χ1n) is 9.35. The first-order chi connectivity index (χ1) is 13.1. The zero-order valence-electron chi connectivity index (χ0n) is 15.7. The van der Waals surface area contributed by atoms with Crippen LogP contribution in [-0.2, 0) is 6.54 Å². The fourth-order valence-corrected chi connectivity index (χ4v) is 3.56. The Bertz CT molecular complexity index is 732. The van der Waals surface area contributed by atoms with E-state index in [1.165, 1.54) is 5.56 Å². The fraction of sp³-hybridized carbons (Fsp3) is 0.381. The van der Waals surface area contributed by atoms with Gasteiger partial charge in [0.05, 0.1) is 6.04 Å². The molecule has 0 aromatic heterocycles. The molecule has 5 nitrogen and oxygen atoms in total. The van der Waals surface area contributed by atoms with Crippen molar-refractivity contribution in [1.82, 2.24) is 20.4 Å². The zero-order chi connectivity index (χ0) is 19.1.